The number of benzene rings is 3. The fourth-order valence-electron chi connectivity index (χ4n) is 3.98. The number of carbonyl (C=O) groups excluding carboxylic acids is 2. The maximum absolute atomic E-state index is 12.4. The van der Waals surface area contributed by atoms with Crippen molar-refractivity contribution in [3.05, 3.63) is 89.5 Å². The molecule has 33 heavy (non-hydrogen) atoms. The van der Waals surface area contributed by atoms with Crippen LogP contribution in [0.5, 0.6) is 0 Å². The van der Waals surface area contributed by atoms with Gasteiger partial charge in [-0.3, -0.25) is 4.79 Å². The van der Waals surface area contributed by atoms with Crippen molar-refractivity contribution in [1.82, 2.24) is 10.6 Å². The van der Waals surface area contributed by atoms with E-state index in [9.17, 15) is 19.5 Å². The van der Waals surface area contributed by atoms with Gasteiger partial charge in [0.1, 0.15) is 12.6 Å². The summed E-state index contributed by atoms with van der Waals surface area (Å²) < 4.78 is 5.38. The Morgan fingerprint density at radius 3 is 2.09 bits per heavy atom. The van der Waals surface area contributed by atoms with E-state index in [1.165, 1.54) is 6.07 Å². The minimum atomic E-state index is -1.37. The third kappa shape index (κ3) is 4.64. The summed E-state index contributed by atoms with van der Waals surface area (Å²) in [6, 6.07) is 20.9. The summed E-state index contributed by atoms with van der Waals surface area (Å²) in [5.74, 6) is -1.98. The standard InChI is InChI=1S/C25H23N3O5/c26-21-12-6-5-11-19(21)23(29)27-13-22(24(30)31)28-25(32)33-14-20-17-9-3-1-7-15(17)16-8-2-4-10-18(16)20/h1-12,20,22H,13-14,26H2,(H,27,29)(H,28,32)(H,30,31)/t22-/m0/s1. The van der Waals surface area contributed by atoms with Gasteiger partial charge in [0, 0.05) is 18.2 Å². The SMILES string of the molecule is Nc1ccccc1C(=O)NC[C@H](NC(=O)OCC1c2ccccc2-c2ccccc21)C(=O)O. The third-order valence-electron chi connectivity index (χ3n) is 5.61. The molecular formula is C25H23N3O5. The van der Waals surface area contributed by atoms with E-state index in [-0.39, 0.29) is 30.3 Å². The number of carboxylic acid groups (broad SMARTS) is 1. The summed E-state index contributed by atoms with van der Waals surface area (Å²) in [5.41, 5.74) is 10.5. The zero-order valence-corrected chi connectivity index (χ0v) is 17.7. The molecule has 5 N–H and O–H groups in total. The Bertz CT molecular complexity index is 1160. The van der Waals surface area contributed by atoms with E-state index in [4.69, 9.17) is 10.5 Å². The van der Waals surface area contributed by atoms with Crippen LogP contribution in [-0.4, -0.2) is 42.3 Å². The van der Waals surface area contributed by atoms with Crippen LogP contribution in [0, 0.1) is 0 Å². The Kier molecular flexibility index (Phi) is 6.26. The second kappa shape index (κ2) is 9.44. The van der Waals surface area contributed by atoms with Crippen molar-refractivity contribution in [3.63, 3.8) is 0 Å². The molecule has 0 bridgehead atoms. The van der Waals surface area contributed by atoms with Gasteiger partial charge in [-0.15, -0.1) is 0 Å². The summed E-state index contributed by atoms with van der Waals surface area (Å²) in [4.78, 5) is 36.3. The predicted octanol–water partition coefficient (Wildman–Crippen LogP) is 2.99. The Labute approximate surface area is 190 Å². The molecule has 0 heterocycles. The number of aliphatic carboxylic acids is 1. The number of amides is 2. The lowest BCUT2D eigenvalue weighted by Gasteiger charge is -2.18. The minimum absolute atomic E-state index is 0.0547. The van der Waals surface area contributed by atoms with Crippen LogP contribution >= 0.6 is 0 Å². The molecule has 0 aromatic heterocycles. The first-order valence-corrected chi connectivity index (χ1v) is 10.4. The molecule has 3 aromatic carbocycles. The molecule has 4 rings (SSSR count). The normalized spacial score (nSPS) is 12.8. The third-order valence-corrected chi connectivity index (χ3v) is 5.61. The van der Waals surface area contributed by atoms with Gasteiger partial charge in [0.15, 0.2) is 0 Å². The first-order chi connectivity index (χ1) is 16.0. The molecule has 0 saturated carbocycles. The molecule has 0 saturated heterocycles. The average molecular weight is 445 g/mol. The summed E-state index contributed by atoms with van der Waals surface area (Å²) in [6.07, 6.45) is -0.877. The number of rotatable bonds is 7. The van der Waals surface area contributed by atoms with Gasteiger partial charge in [-0.25, -0.2) is 9.59 Å². The number of nitrogen functional groups attached to an aromatic ring is 1. The van der Waals surface area contributed by atoms with Crippen molar-refractivity contribution in [3.8, 4) is 11.1 Å². The predicted molar refractivity (Wildman–Crippen MR) is 123 cm³/mol. The van der Waals surface area contributed by atoms with Gasteiger partial charge in [0.2, 0.25) is 0 Å². The number of ether oxygens (including phenoxy) is 1. The van der Waals surface area contributed by atoms with Crippen LogP contribution in [-0.2, 0) is 9.53 Å². The zero-order chi connectivity index (χ0) is 23.4. The summed E-state index contributed by atoms with van der Waals surface area (Å²) in [7, 11) is 0. The molecule has 0 radical (unpaired) electrons. The number of anilines is 1. The highest BCUT2D eigenvalue weighted by atomic mass is 16.5. The number of carboxylic acids is 1. The van der Waals surface area contributed by atoms with E-state index in [0.717, 1.165) is 22.3 Å². The van der Waals surface area contributed by atoms with Crippen LogP contribution in [0.25, 0.3) is 11.1 Å². The first-order valence-electron chi connectivity index (χ1n) is 10.4. The van der Waals surface area contributed by atoms with E-state index < -0.39 is 24.0 Å². The summed E-state index contributed by atoms with van der Waals surface area (Å²) >= 11 is 0. The van der Waals surface area contributed by atoms with Crippen molar-refractivity contribution in [1.29, 1.82) is 0 Å². The highest BCUT2D eigenvalue weighted by Gasteiger charge is 2.30. The van der Waals surface area contributed by atoms with Gasteiger partial charge in [-0.1, -0.05) is 60.7 Å². The lowest BCUT2D eigenvalue weighted by atomic mass is 9.98. The van der Waals surface area contributed by atoms with Gasteiger partial charge >= 0.3 is 12.1 Å². The number of hydrogen-bond donors (Lipinski definition) is 4. The highest BCUT2D eigenvalue weighted by Crippen LogP contribution is 2.44. The zero-order valence-electron chi connectivity index (χ0n) is 17.7. The Morgan fingerprint density at radius 1 is 0.909 bits per heavy atom. The van der Waals surface area contributed by atoms with Crippen molar-refractivity contribution >= 4 is 23.7 Å². The molecule has 1 aliphatic rings. The van der Waals surface area contributed by atoms with E-state index in [1.54, 1.807) is 18.2 Å². The largest absolute Gasteiger partial charge is 0.480 e. The van der Waals surface area contributed by atoms with Crippen molar-refractivity contribution in [2.75, 3.05) is 18.9 Å². The lowest BCUT2D eigenvalue weighted by molar-refractivity contribution is -0.139. The van der Waals surface area contributed by atoms with Crippen LogP contribution in [0.15, 0.2) is 72.8 Å². The highest BCUT2D eigenvalue weighted by molar-refractivity contribution is 5.99. The number of para-hydroxylation sites is 1. The second-order valence-electron chi connectivity index (χ2n) is 7.66. The number of nitrogens with one attached hydrogen (secondary N) is 2. The number of carbonyl (C=O) groups is 3. The van der Waals surface area contributed by atoms with Crippen LogP contribution in [0.4, 0.5) is 10.5 Å². The molecule has 168 valence electrons. The van der Waals surface area contributed by atoms with E-state index in [2.05, 4.69) is 10.6 Å². The van der Waals surface area contributed by atoms with Gasteiger partial charge in [-0.2, -0.15) is 0 Å². The van der Waals surface area contributed by atoms with Crippen LogP contribution in [0.2, 0.25) is 0 Å². The number of nitrogens with two attached hydrogens (primary N) is 1. The monoisotopic (exact) mass is 445 g/mol. The molecule has 3 aromatic rings. The van der Waals surface area contributed by atoms with Crippen LogP contribution in [0.3, 0.4) is 0 Å². The minimum Gasteiger partial charge on any atom is -0.480 e. The first kappa shape index (κ1) is 21.9. The van der Waals surface area contributed by atoms with Gasteiger partial charge < -0.3 is 26.2 Å². The Balaban J connectivity index is 1.37. The summed E-state index contributed by atoms with van der Waals surface area (Å²) in [6.45, 7) is -0.272. The van der Waals surface area contributed by atoms with Crippen molar-refractivity contribution in [2.45, 2.75) is 12.0 Å². The molecule has 1 aliphatic carbocycles. The van der Waals surface area contributed by atoms with E-state index >= 15 is 0 Å². The van der Waals surface area contributed by atoms with Gasteiger partial charge in [0.25, 0.3) is 5.91 Å². The number of alkyl carbamates (subject to hydrolysis) is 1. The Morgan fingerprint density at radius 2 is 1.48 bits per heavy atom. The summed E-state index contributed by atoms with van der Waals surface area (Å²) in [5, 5.41) is 14.2. The van der Waals surface area contributed by atoms with Gasteiger partial charge in [0.05, 0.1) is 5.56 Å². The molecule has 8 nitrogen and oxygen atoms in total. The van der Waals surface area contributed by atoms with E-state index in [0.29, 0.717) is 0 Å². The second-order valence-corrected chi connectivity index (χ2v) is 7.66. The van der Waals surface area contributed by atoms with Crippen LogP contribution < -0.4 is 16.4 Å². The smallest absolute Gasteiger partial charge is 0.407 e. The van der Waals surface area contributed by atoms with Crippen molar-refractivity contribution in [2.24, 2.45) is 0 Å². The fraction of sp³-hybridized carbons (Fsp3) is 0.160. The van der Waals surface area contributed by atoms with Crippen LogP contribution in [0.1, 0.15) is 27.4 Å². The Hall–Kier alpha value is -4.33. The fourth-order valence-corrected chi connectivity index (χ4v) is 3.98. The topological polar surface area (TPSA) is 131 Å². The molecule has 0 unspecified atom stereocenters. The molecular weight excluding hydrogens is 422 g/mol. The molecule has 1 atom stereocenters. The quantitative estimate of drug-likeness (QED) is 0.414. The molecule has 0 fully saturated rings. The number of fused-ring (bicyclic) bond motifs is 3. The van der Waals surface area contributed by atoms with Crippen molar-refractivity contribution < 1.29 is 24.2 Å². The maximum atomic E-state index is 12.4. The van der Waals surface area contributed by atoms with Gasteiger partial charge in [-0.05, 0) is 34.4 Å². The lowest BCUT2D eigenvalue weighted by Crippen LogP contribution is -2.48. The molecule has 2 amide bonds. The maximum Gasteiger partial charge on any atom is 0.407 e. The average Bonchev–Trinajstić information content (AvgIpc) is 3.14. The molecule has 0 aliphatic heterocycles. The van der Waals surface area contributed by atoms with E-state index in [1.807, 2.05) is 48.5 Å². The number of hydrogen-bond acceptors (Lipinski definition) is 5. The molecule has 0 spiro atoms. The molecule has 8 heteroatoms.